The van der Waals surface area contributed by atoms with Crippen LogP contribution in [0.1, 0.15) is 39.0 Å². The van der Waals surface area contributed by atoms with Crippen molar-refractivity contribution < 1.29 is 0 Å². The maximum Gasteiger partial charge on any atom is 0.104 e. The summed E-state index contributed by atoms with van der Waals surface area (Å²) < 4.78 is 0. The minimum Gasteiger partial charge on any atom is -0.300 e. The number of azide groups is 1. The summed E-state index contributed by atoms with van der Waals surface area (Å²) in [6.45, 7) is 3.18. The summed E-state index contributed by atoms with van der Waals surface area (Å²) in [6.07, 6.45) is 5.55. The third-order valence-corrected chi connectivity index (χ3v) is 3.18. The Morgan fingerprint density at radius 2 is 2.38 bits per heavy atom. The van der Waals surface area contributed by atoms with Crippen LogP contribution in [0.25, 0.3) is 10.4 Å². The average Bonchev–Trinajstić information content (AvgIpc) is 2.24. The minimum absolute atomic E-state index is 0.415. The van der Waals surface area contributed by atoms with Gasteiger partial charge in [-0.15, -0.1) is 0 Å². The van der Waals surface area contributed by atoms with Gasteiger partial charge < -0.3 is 0 Å². The molecule has 1 aliphatic carbocycles. The molecule has 1 fully saturated rings. The smallest absolute Gasteiger partial charge is 0.104 e. The van der Waals surface area contributed by atoms with Crippen molar-refractivity contribution in [2.24, 2.45) is 11.0 Å². The zero-order chi connectivity index (χ0) is 11.9. The Labute approximate surface area is 96.5 Å². The molecule has 1 N–H and O–H groups in total. The van der Waals surface area contributed by atoms with Crippen molar-refractivity contribution in [3.05, 3.63) is 10.4 Å². The van der Waals surface area contributed by atoms with Gasteiger partial charge in [-0.3, -0.25) is 5.32 Å². The first kappa shape index (κ1) is 12.8. The minimum atomic E-state index is -0.415. The van der Waals surface area contributed by atoms with Gasteiger partial charge in [-0.25, -0.2) is 0 Å². The maximum atomic E-state index is 9.16. The lowest BCUT2D eigenvalue weighted by atomic mass is 9.77. The summed E-state index contributed by atoms with van der Waals surface area (Å²) >= 11 is 0. The van der Waals surface area contributed by atoms with E-state index >= 15 is 0 Å². The van der Waals surface area contributed by atoms with Crippen LogP contribution in [0.2, 0.25) is 0 Å². The summed E-state index contributed by atoms with van der Waals surface area (Å²) in [5, 5.41) is 15.9. The van der Waals surface area contributed by atoms with Gasteiger partial charge in [0.25, 0.3) is 0 Å². The largest absolute Gasteiger partial charge is 0.300 e. The summed E-state index contributed by atoms with van der Waals surface area (Å²) in [4.78, 5) is 2.69. The van der Waals surface area contributed by atoms with Gasteiger partial charge in [0.2, 0.25) is 0 Å². The van der Waals surface area contributed by atoms with Crippen LogP contribution in [0.4, 0.5) is 0 Å². The van der Waals surface area contributed by atoms with Crippen molar-refractivity contribution in [1.82, 2.24) is 5.32 Å². The third kappa shape index (κ3) is 4.09. The van der Waals surface area contributed by atoms with E-state index in [4.69, 9.17) is 10.8 Å². The standard InChI is InChI=1S/C11H19N5/c1-11(9-12,8-10-4-2-5-10)14-6-3-7-15-16-13/h10,14H,2-8H2,1H3. The monoisotopic (exact) mass is 221 g/mol. The van der Waals surface area contributed by atoms with Crippen molar-refractivity contribution >= 4 is 0 Å². The fourth-order valence-electron chi connectivity index (χ4n) is 1.99. The Hall–Kier alpha value is -1.24. The highest BCUT2D eigenvalue weighted by molar-refractivity contribution is 5.05. The van der Waals surface area contributed by atoms with Crippen LogP contribution in [0.15, 0.2) is 5.11 Å². The summed E-state index contributed by atoms with van der Waals surface area (Å²) in [6, 6.07) is 2.35. The molecule has 1 rings (SSSR count). The highest BCUT2D eigenvalue weighted by Gasteiger charge is 2.30. The molecule has 0 radical (unpaired) electrons. The molecule has 0 amide bonds. The van der Waals surface area contributed by atoms with E-state index in [-0.39, 0.29) is 0 Å². The second-order valence-corrected chi connectivity index (χ2v) is 4.68. The van der Waals surface area contributed by atoms with Gasteiger partial charge >= 0.3 is 0 Å². The van der Waals surface area contributed by atoms with E-state index in [0.29, 0.717) is 12.5 Å². The highest BCUT2D eigenvalue weighted by atomic mass is 15.1. The van der Waals surface area contributed by atoms with Crippen molar-refractivity contribution in [2.45, 2.75) is 44.6 Å². The lowest BCUT2D eigenvalue weighted by Gasteiger charge is -2.33. The van der Waals surface area contributed by atoms with Gasteiger partial charge in [0.05, 0.1) is 6.07 Å². The number of hydrogen-bond donors (Lipinski definition) is 1. The zero-order valence-corrected chi connectivity index (χ0v) is 9.82. The molecule has 88 valence electrons. The van der Waals surface area contributed by atoms with Gasteiger partial charge in [-0.05, 0) is 37.8 Å². The van der Waals surface area contributed by atoms with E-state index in [9.17, 15) is 0 Å². The zero-order valence-electron chi connectivity index (χ0n) is 9.82. The molecule has 0 bridgehead atoms. The van der Waals surface area contributed by atoms with Crippen LogP contribution in [0, 0.1) is 17.2 Å². The summed E-state index contributed by atoms with van der Waals surface area (Å²) in [7, 11) is 0. The van der Waals surface area contributed by atoms with E-state index in [1.54, 1.807) is 0 Å². The van der Waals surface area contributed by atoms with Crippen LogP contribution in [-0.2, 0) is 0 Å². The second-order valence-electron chi connectivity index (χ2n) is 4.68. The van der Waals surface area contributed by atoms with Gasteiger partial charge in [0.1, 0.15) is 5.54 Å². The van der Waals surface area contributed by atoms with Crippen LogP contribution in [-0.4, -0.2) is 18.6 Å². The molecule has 0 saturated heterocycles. The first-order valence-electron chi connectivity index (χ1n) is 5.87. The maximum absolute atomic E-state index is 9.16. The fraction of sp³-hybridized carbons (Fsp3) is 0.909. The first-order chi connectivity index (χ1) is 7.70. The number of nitrogens with zero attached hydrogens (tertiary/aromatic N) is 4. The predicted octanol–water partition coefficient (Wildman–Crippen LogP) is 2.75. The number of nitrogens with one attached hydrogen (secondary N) is 1. The molecule has 0 aliphatic heterocycles. The van der Waals surface area contributed by atoms with E-state index in [1.165, 1.54) is 19.3 Å². The van der Waals surface area contributed by atoms with Gasteiger partial charge in [0, 0.05) is 11.5 Å². The molecule has 0 aromatic carbocycles. The van der Waals surface area contributed by atoms with E-state index in [1.807, 2.05) is 6.92 Å². The lowest BCUT2D eigenvalue weighted by molar-refractivity contribution is 0.237. The number of hydrogen-bond acceptors (Lipinski definition) is 3. The molecular formula is C11H19N5. The lowest BCUT2D eigenvalue weighted by Crippen LogP contribution is -2.44. The summed E-state index contributed by atoms with van der Waals surface area (Å²) in [5.41, 5.74) is 7.70. The normalized spacial score (nSPS) is 19.0. The molecule has 1 unspecified atom stereocenters. The molecule has 1 atom stereocenters. The molecule has 1 aliphatic rings. The van der Waals surface area contributed by atoms with Crippen LogP contribution < -0.4 is 5.32 Å². The Balaban J connectivity index is 2.23. The van der Waals surface area contributed by atoms with E-state index < -0.39 is 5.54 Å². The SMILES string of the molecule is CC(C#N)(CC1CCC1)NCCCN=[N+]=[N-]. The van der Waals surface area contributed by atoms with Gasteiger partial charge in [-0.2, -0.15) is 5.26 Å². The molecule has 0 heterocycles. The molecule has 0 spiro atoms. The molecule has 5 heteroatoms. The molecule has 5 nitrogen and oxygen atoms in total. The average molecular weight is 221 g/mol. The Morgan fingerprint density at radius 1 is 1.62 bits per heavy atom. The molecule has 16 heavy (non-hydrogen) atoms. The molecule has 1 saturated carbocycles. The Morgan fingerprint density at radius 3 is 2.88 bits per heavy atom. The van der Waals surface area contributed by atoms with Gasteiger partial charge in [0.15, 0.2) is 0 Å². The Bertz CT molecular complexity index is 298. The van der Waals surface area contributed by atoms with Crippen LogP contribution in [0.5, 0.6) is 0 Å². The van der Waals surface area contributed by atoms with Crippen LogP contribution >= 0.6 is 0 Å². The molecule has 0 aromatic heterocycles. The first-order valence-corrected chi connectivity index (χ1v) is 5.87. The quantitative estimate of drug-likeness (QED) is 0.310. The second kappa shape index (κ2) is 6.37. The van der Waals surface area contributed by atoms with E-state index in [0.717, 1.165) is 19.4 Å². The van der Waals surface area contributed by atoms with Crippen LogP contribution in [0.3, 0.4) is 0 Å². The van der Waals surface area contributed by atoms with Crippen molar-refractivity contribution in [3.8, 4) is 6.07 Å². The fourth-order valence-corrected chi connectivity index (χ4v) is 1.99. The Kier molecular flexibility index (Phi) is 5.10. The van der Waals surface area contributed by atoms with Crippen molar-refractivity contribution in [2.75, 3.05) is 13.1 Å². The van der Waals surface area contributed by atoms with Gasteiger partial charge in [-0.1, -0.05) is 24.4 Å². The number of nitriles is 1. The van der Waals surface area contributed by atoms with Crippen molar-refractivity contribution in [3.63, 3.8) is 0 Å². The number of rotatable bonds is 7. The highest BCUT2D eigenvalue weighted by Crippen LogP contribution is 2.33. The molecular weight excluding hydrogens is 202 g/mol. The summed E-state index contributed by atoms with van der Waals surface area (Å²) in [5.74, 6) is 0.717. The van der Waals surface area contributed by atoms with E-state index in [2.05, 4.69) is 21.4 Å². The topological polar surface area (TPSA) is 84.6 Å². The van der Waals surface area contributed by atoms with Crippen molar-refractivity contribution in [1.29, 1.82) is 5.26 Å². The predicted molar refractivity (Wildman–Crippen MR) is 62.6 cm³/mol. The molecule has 0 aromatic rings. The third-order valence-electron chi connectivity index (χ3n) is 3.18.